The van der Waals surface area contributed by atoms with E-state index in [-0.39, 0.29) is 0 Å². The number of aromatic nitrogens is 4. The summed E-state index contributed by atoms with van der Waals surface area (Å²) in [4.78, 5) is 1.42. The summed E-state index contributed by atoms with van der Waals surface area (Å²) < 4.78 is 1.03. The lowest BCUT2D eigenvalue weighted by Crippen LogP contribution is -2.27. The zero-order valence-electron chi connectivity index (χ0n) is 10.3. The molecule has 6 heteroatoms. The van der Waals surface area contributed by atoms with Crippen LogP contribution in [0.25, 0.3) is 0 Å². The molecule has 2 rings (SSSR count). The third kappa shape index (κ3) is 3.89. The van der Waals surface area contributed by atoms with Gasteiger partial charge in [0.2, 0.25) is 0 Å². The van der Waals surface area contributed by atoms with Crippen molar-refractivity contribution in [1.29, 1.82) is 0 Å². The molecule has 1 N–H and O–H groups in total. The van der Waals surface area contributed by atoms with Crippen molar-refractivity contribution in [2.24, 2.45) is 0 Å². The number of halogens is 1. The molecule has 0 radical (unpaired) electrons. The predicted molar refractivity (Wildman–Crippen MR) is 71.1 cm³/mol. The standard InChI is InChI=1S/C12H15BrN4O/c1-12(2,18)8-17-15-11(14-16-17)7-9-4-3-5-10(13)6-9/h3-6,18H,7-8H2,1-2H3. The molecule has 0 fully saturated rings. The minimum atomic E-state index is -0.840. The van der Waals surface area contributed by atoms with Crippen molar-refractivity contribution in [1.82, 2.24) is 20.2 Å². The van der Waals surface area contributed by atoms with E-state index in [1.54, 1.807) is 13.8 Å². The van der Waals surface area contributed by atoms with Gasteiger partial charge >= 0.3 is 0 Å². The molecule has 1 aromatic heterocycles. The van der Waals surface area contributed by atoms with E-state index in [2.05, 4.69) is 31.3 Å². The van der Waals surface area contributed by atoms with Crippen LogP contribution in [0.3, 0.4) is 0 Å². The molecular weight excluding hydrogens is 296 g/mol. The van der Waals surface area contributed by atoms with E-state index >= 15 is 0 Å². The maximum Gasteiger partial charge on any atom is 0.179 e. The van der Waals surface area contributed by atoms with Crippen molar-refractivity contribution in [2.75, 3.05) is 0 Å². The lowest BCUT2D eigenvalue weighted by molar-refractivity contribution is 0.0525. The van der Waals surface area contributed by atoms with Crippen molar-refractivity contribution in [3.8, 4) is 0 Å². The Morgan fingerprint density at radius 1 is 1.39 bits per heavy atom. The number of hydrogen-bond acceptors (Lipinski definition) is 4. The zero-order valence-corrected chi connectivity index (χ0v) is 11.9. The van der Waals surface area contributed by atoms with Gasteiger partial charge in [-0.1, -0.05) is 28.1 Å². The second-order valence-corrected chi connectivity index (χ2v) is 5.77. The van der Waals surface area contributed by atoms with Gasteiger partial charge in [-0.25, -0.2) is 0 Å². The number of aliphatic hydroxyl groups is 1. The first kappa shape index (κ1) is 13.2. The van der Waals surface area contributed by atoms with Crippen molar-refractivity contribution >= 4 is 15.9 Å². The Hall–Kier alpha value is -1.27. The summed E-state index contributed by atoms with van der Waals surface area (Å²) in [7, 11) is 0. The summed E-state index contributed by atoms with van der Waals surface area (Å²) in [5.74, 6) is 0.650. The smallest absolute Gasteiger partial charge is 0.179 e. The molecular formula is C12H15BrN4O. The Labute approximate surface area is 114 Å². The molecule has 0 bridgehead atoms. The molecule has 0 aliphatic rings. The molecule has 0 amide bonds. The van der Waals surface area contributed by atoms with Crippen LogP contribution in [0, 0.1) is 0 Å². The Morgan fingerprint density at radius 2 is 2.17 bits per heavy atom. The topological polar surface area (TPSA) is 63.8 Å². The van der Waals surface area contributed by atoms with Crippen molar-refractivity contribution in [2.45, 2.75) is 32.4 Å². The van der Waals surface area contributed by atoms with Gasteiger partial charge in [0.25, 0.3) is 0 Å². The van der Waals surface area contributed by atoms with Crippen LogP contribution in [0.2, 0.25) is 0 Å². The molecule has 2 aromatic rings. The molecule has 18 heavy (non-hydrogen) atoms. The monoisotopic (exact) mass is 310 g/mol. The van der Waals surface area contributed by atoms with E-state index in [0.717, 1.165) is 10.0 Å². The molecule has 0 spiro atoms. The van der Waals surface area contributed by atoms with Gasteiger partial charge in [0.1, 0.15) is 0 Å². The van der Waals surface area contributed by atoms with Crippen LogP contribution in [0.15, 0.2) is 28.7 Å². The molecule has 0 aliphatic carbocycles. The molecule has 1 aromatic carbocycles. The van der Waals surface area contributed by atoms with E-state index in [1.165, 1.54) is 4.80 Å². The van der Waals surface area contributed by atoms with E-state index in [9.17, 15) is 5.11 Å². The van der Waals surface area contributed by atoms with Crippen molar-refractivity contribution in [3.63, 3.8) is 0 Å². The summed E-state index contributed by atoms with van der Waals surface area (Å²) in [6.07, 6.45) is 0.630. The largest absolute Gasteiger partial charge is 0.388 e. The summed E-state index contributed by atoms with van der Waals surface area (Å²) in [6.45, 7) is 3.76. The first-order valence-electron chi connectivity index (χ1n) is 5.66. The molecule has 0 aliphatic heterocycles. The number of tetrazole rings is 1. The van der Waals surface area contributed by atoms with Crippen LogP contribution in [0.4, 0.5) is 0 Å². The number of hydrogen-bond donors (Lipinski definition) is 1. The molecule has 1 heterocycles. The van der Waals surface area contributed by atoms with Gasteiger partial charge in [-0.15, -0.1) is 10.2 Å². The minimum Gasteiger partial charge on any atom is -0.388 e. The van der Waals surface area contributed by atoms with Crippen molar-refractivity contribution in [3.05, 3.63) is 40.1 Å². The average Bonchev–Trinajstić information content (AvgIpc) is 2.62. The molecule has 0 saturated heterocycles. The molecule has 96 valence electrons. The lowest BCUT2D eigenvalue weighted by atomic mass is 10.1. The average molecular weight is 311 g/mol. The van der Waals surface area contributed by atoms with Gasteiger partial charge in [0, 0.05) is 10.9 Å². The first-order chi connectivity index (χ1) is 8.42. The van der Waals surface area contributed by atoms with Crippen LogP contribution in [-0.2, 0) is 13.0 Å². The van der Waals surface area contributed by atoms with Crippen LogP contribution >= 0.6 is 15.9 Å². The van der Waals surface area contributed by atoms with Crippen LogP contribution in [-0.4, -0.2) is 30.9 Å². The first-order valence-corrected chi connectivity index (χ1v) is 6.45. The van der Waals surface area contributed by atoms with Crippen LogP contribution in [0.1, 0.15) is 25.2 Å². The molecule has 0 saturated carbocycles. The summed E-state index contributed by atoms with van der Waals surface area (Å²) in [5, 5.41) is 21.8. The zero-order chi connectivity index (χ0) is 13.2. The fraction of sp³-hybridized carbons (Fsp3) is 0.417. The maximum absolute atomic E-state index is 9.67. The van der Waals surface area contributed by atoms with E-state index in [4.69, 9.17) is 0 Å². The lowest BCUT2D eigenvalue weighted by Gasteiger charge is -2.14. The third-order valence-corrected chi connectivity index (χ3v) is 2.77. The highest BCUT2D eigenvalue weighted by Crippen LogP contribution is 2.13. The maximum atomic E-state index is 9.67. The van der Waals surface area contributed by atoms with Gasteiger partial charge in [-0.05, 0) is 36.8 Å². The fourth-order valence-corrected chi connectivity index (χ4v) is 2.04. The highest BCUT2D eigenvalue weighted by atomic mass is 79.9. The SMILES string of the molecule is CC(C)(O)Cn1nnc(Cc2cccc(Br)c2)n1. The molecule has 0 atom stereocenters. The van der Waals surface area contributed by atoms with Crippen LogP contribution in [0.5, 0.6) is 0 Å². The van der Waals surface area contributed by atoms with Gasteiger partial charge in [0.05, 0.1) is 12.1 Å². The summed E-state index contributed by atoms with van der Waals surface area (Å²) >= 11 is 3.43. The second kappa shape index (κ2) is 5.16. The Bertz CT molecular complexity index is 533. The van der Waals surface area contributed by atoms with E-state index < -0.39 is 5.60 Å². The highest BCUT2D eigenvalue weighted by molar-refractivity contribution is 9.10. The third-order valence-electron chi connectivity index (χ3n) is 2.27. The number of benzene rings is 1. The number of nitrogens with zero attached hydrogens (tertiary/aromatic N) is 4. The predicted octanol–water partition coefficient (Wildman–Crippen LogP) is 1.80. The fourth-order valence-electron chi connectivity index (χ4n) is 1.59. The summed E-state index contributed by atoms with van der Waals surface area (Å²) in [6, 6.07) is 7.99. The van der Waals surface area contributed by atoms with Gasteiger partial charge < -0.3 is 5.11 Å². The Balaban J connectivity index is 2.07. The quantitative estimate of drug-likeness (QED) is 0.935. The summed E-state index contributed by atoms with van der Waals surface area (Å²) in [5.41, 5.74) is 0.278. The second-order valence-electron chi connectivity index (χ2n) is 4.86. The minimum absolute atomic E-state index is 0.332. The molecule has 0 unspecified atom stereocenters. The van der Waals surface area contributed by atoms with Gasteiger partial charge in [-0.2, -0.15) is 4.80 Å². The Morgan fingerprint density at radius 3 is 2.83 bits per heavy atom. The van der Waals surface area contributed by atoms with E-state index in [1.807, 2.05) is 24.3 Å². The highest BCUT2D eigenvalue weighted by Gasteiger charge is 2.15. The van der Waals surface area contributed by atoms with Gasteiger partial charge in [0.15, 0.2) is 5.82 Å². The molecule has 5 nitrogen and oxygen atoms in total. The van der Waals surface area contributed by atoms with E-state index in [0.29, 0.717) is 18.8 Å². The van der Waals surface area contributed by atoms with Gasteiger partial charge in [-0.3, -0.25) is 0 Å². The van der Waals surface area contributed by atoms with Crippen LogP contribution < -0.4 is 0 Å². The van der Waals surface area contributed by atoms with Crippen molar-refractivity contribution < 1.29 is 5.11 Å². The normalized spacial score (nSPS) is 11.8. The Kier molecular flexibility index (Phi) is 3.77. The number of rotatable bonds is 4.